The third kappa shape index (κ3) is 4.73. The van der Waals surface area contributed by atoms with Crippen LogP contribution in [0.2, 0.25) is 0 Å². The number of hydrogen-bond acceptors (Lipinski definition) is 7. The fourth-order valence-corrected chi connectivity index (χ4v) is 6.81. The van der Waals surface area contributed by atoms with E-state index in [9.17, 15) is 8.42 Å². The molecule has 0 unspecified atom stereocenters. The summed E-state index contributed by atoms with van der Waals surface area (Å²) in [6.45, 7) is 5.20. The van der Waals surface area contributed by atoms with Crippen LogP contribution < -0.4 is 4.72 Å². The number of unbranched alkanes of at least 4 members (excludes halogenated alkanes) is 2. The van der Waals surface area contributed by atoms with Crippen LogP contribution in [0.5, 0.6) is 0 Å². The van der Waals surface area contributed by atoms with Crippen LogP contribution in [-0.2, 0) is 10.2 Å². The van der Waals surface area contributed by atoms with Gasteiger partial charge in [-0.15, -0.1) is 11.3 Å². The second-order valence-corrected chi connectivity index (χ2v) is 10.9. The van der Waals surface area contributed by atoms with Gasteiger partial charge in [-0.2, -0.15) is 12.7 Å². The Bertz CT molecular complexity index is 1000. The number of aromatic nitrogens is 2. The van der Waals surface area contributed by atoms with Gasteiger partial charge in [0.25, 0.3) is 0 Å². The molecule has 0 saturated carbocycles. The average molecular weight is 445 g/mol. The van der Waals surface area contributed by atoms with Crippen molar-refractivity contribution in [1.29, 1.82) is 0 Å². The number of hydrogen-bond donors (Lipinski definition) is 1. The van der Waals surface area contributed by atoms with Crippen molar-refractivity contribution in [1.82, 2.24) is 14.3 Å². The minimum absolute atomic E-state index is 0.412. The molecule has 0 bridgehead atoms. The number of rotatable bonds is 10. The van der Waals surface area contributed by atoms with Crippen molar-refractivity contribution < 1.29 is 8.42 Å². The van der Waals surface area contributed by atoms with E-state index in [1.165, 1.54) is 11.3 Å². The maximum Gasteiger partial charge on any atom is 0.303 e. The summed E-state index contributed by atoms with van der Waals surface area (Å²) in [5, 5.41) is 0.412. The van der Waals surface area contributed by atoms with E-state index in [1.54, 1.807) is 27.4 Å². The Morgan fingerprint density at radius 1 is 1.04 bits per heavy atom. The molecule has 0 saturated heterocycles. The number of nitrogens with zero attached hydrogens (tertiary/aromatic N) is 3. The zero-order valence-electron chi connectivity index (χ0n) is 15.7. The first-order valence-electron chi connectivity index (χ1n) is 9.00. The monoisotopic (exact) mass is 444 g/mol. The first-order valence-corrected chi connectivity index (χ1v) is 13.3. The third-order valence-electron chi connectivity index (χ3n) is 4.15. The van der Waals surface area contributed by atoms with Gasteiger partial charge in [0.15, 0.2) is 9.47 Å². The summed E-state index contributed by atoms with van der Waals surface area (Å²) in [5.41, 5.74) is 1.73. The molecule has 0 fully saturated rings. The van der Waals surface area contributed by atoms with Gasteiger partial charge in [-0.25, -0.2) is 14.7 Å². The van der Waals surface area contributed by atoms with Gasteiger partial charge in [-0.3, -0.25) is 0 Å². The zero-order chi connectivity index (χ0) is 19.4. The fourth-order valence-electron chi connectivity index (χ4n) is 2.68. The Morgan fingerprint density at radius 2 is 1.63 bits per heavy atom. The van der Waals surface area contributed by atoms with E-state index < -0.39 is 10.2 Å². The average Bonchev–Trinajstić information content (AvgIpc) is 3.23. The highest BCUT2D eigenvalue weighted by atomic mass is 32.2. The summed E-state index contributed by atoms with van der Waals surface area (Å²) in [5.74, 6) is 0. The van der Waals surface area contributed by atoms with Crippen LogP contribution in [0.1, 0.15) is 39.5 Å². The van der Waals surface area contributed by atoms with Gasteiger partial charge in [0.1, 0.15) is 0 Å². The topological polar surface area (TPSA) is 75.2 Å². The predicted octanol–water partition coefficient (Wildman–Crippen LogP) is 5.19. The van der Waals surface area contributed by atoms with E-state index in [4.69, 9.17) is 0 Å². The molecular formula is C17H24N4O2S4. The SMILES string of the molecule is CCCCN(CCCC)S(=O)(=O)Nc1nc2ccc3nc(SC)sc3c2s1. The Balaban J connectivity index is 1.89. The Labute approximate surface area is 172 Å². The lowest BCUT2D eigenvalue weighted by Gasteiger charge is -2.21. The van der Waals surface area contributed by atoms with Gasteiger partial charge >= 0.3 is 10.2 Å². The molecule has 2 aromatic heterocycles. The number of anilines is 1. The van der Waals surface area contributed by atoms with Crippen molar-refractivity contribution in [3.63, 3.8) is 0 Å². The molecule has 3 aromatic rings. The van der Waals surface area contributed by atoms with Crippen LogP contribution in [0.4, 0.5) is 5.13 Å². The van der Waals surface area contributed by atoms with Gasteiger partial charge in [-0.1, -0.05) is 49.8 Å². The van der Waals surface area contributed by atoms with Crippen LogP contribution in [-0.4, -0.2) is 42.0 Å². The molecule has 1 N–H and O–H groups in total. The van der Waals surface area contributed by atoms with Crippen molar-refractivity contribution >= 4 is 70.2 Å². The summed E-state index contributed by atoms with van der Waals surface area (Å²) in [6, 6.07) is 3.85. The molecule has 0 radical (unpaired) electrons. The van der Waals surface area contributed by atoms with E-state index >= 15 is 0 Å². The lowest BCUT2D eigenvalue weighted by molar-refractivity contribution is 0.398. The fraction of sp³-hybridized carbons (Fsp3) is 0.529. The first kappa shape index (κ1) is 20.8. The molecule has 1 aromatic carbocycles. The van der Waals surface area contributed by atoms with Crippen LogP contribution >= 0.6 is 34.4 Å². The van der Waals surface area contributed by atoms with E-state index in [1.807, 2.05) is 18.4 Å². The Morgan fingerprint density at radius 3 is 2.22 bits per heavy atom. The number of fused-ring (bicyclic) bond motifs is 3. The second-order valence-electron chi connectivity index (χ2n) is 6.18. The molecule has 0 spiro atoms. The highest BCUT2D eigenvalue weighted by molar-refractivity contribution is 8.00. The number of thiazole rings is 2. The van der Waals surface area contributed by atoms with Crippen molar-refractivity contribution in [2.75, 3.05) is 24.1 Å². The molecule has 0 aliphatic heterocycles. The molecule has 3 rings (SSSR count). The standard InChI is InChI=1S/C17H24N4O2S4/c1-4-6-10-21(11-7-5-2)27(22,23)20-16-18-12-8-9-13-15(14(12)25-16)26-17(19-13)24-3/h8-9H,4-7,10-11H2,1-3H3,(H,18,20). The molecule has 0 aliphatic carbocycles. The van der Waals surface area contributed by atoms with E-state index in [-0.39, 0.29) is 0 Å². The minimum atomic E-state index is -3.61. The maximum atomic E-state index is 12.9. The molecule has 0 atom stereocenters. The number of nitrogens with one attached hydrogen (secondary N) is 1. The largest absolute Gasteiger partial charge is 0.303 e. The third-order valence-corrected chi connectivity index (χ3v) is 8.98. The normalized spacial score (nSPS) is 12.4. The highest BCUT2D eigenvalue weighted by Gasteiger charge is 2.23. The van der Waals surface area contributed by atoms with E-state index in [2.05, 4.69) is 28.5 Å². The van der Waals surface area contributed by atoms with Gasteiger partial charge < -0.3 is 0 Å². The zero-order valence-corrected chi connectivity index (χ0v) is 19.0. The summed E-state index contributed by atoms with van der Waals surface area (Å²) in [4.78, 5) is 9.07. The smallest absolute Gasteiger partial charge is 0.246 e. The van der Waals surface area contributed by atoms with Gasteiger partial charge in [0.05, 0.1) is 20.4 Å². The molecular weight excluding hydrogens is 420 g/mol. The quantitative estimate of drug-likeness (QED) is 0.436. The molecule has 2 heterocycles. The Kier molecular flexibility index (Phi) is 6.96. The highest BCUT2D eigenvalue weighted by Crippen LogP contribution is 2.38. The summed E-state index contributed by atoms with van der Waals surface area (Å²) < 4.78 is 33.0. The molecule has 0 aliphatic rings. The van der Waals surface area contributed by atoms with Crippen molar-refractivity contribution in [2.24, 2.45) is 0 Å². The predicted molar refractivity (Wildman–Crippen MR) is 119 cm³/mol. The summed E-state index contributed by atoms with van der Waals surface area (Å²) in [7, 11) is -3.61. The summed E-state index contributed by atoms with van der Waals surface area (Å²) >= 11 is 4.61. The minimum Gasteiger partial charge on any atom is -0.246 e. The summed E-state index contributed by atoms with van der Waals surface area (Å²) in [6.07, 6.45) is 5.62. The maximum absolute atomic E-state index is 12.9. The molecule has 148 valence electrons. The molecule has 6 nitrogen and oxygen atoms in total. The number of thioether (sulfide) groups is 1. The first-order chi connectivity index (χ1) is 13.0. The molecule has 27 heavy (non-hydrogen) atoms. The van der Waals surface area contributed by atoms with Gasteiger partial charge in [0, 0.05) is 13.1 Å². The van der Waals surface area contributed by atoms with Crippen LogP contribution in [0.15, 0.2) is 16.5 Å². The van der Waals surface area contributed by atoms with Gasteiger partial charge in [-0.05, 0) is 31.2 Å². The lowest BCUT2D eigenvalue weighted by Crippen LogP contribution is -2.37. The molecule has 0 amide bonds. The van der Waals surface area contributed by atoms with Gasteiger partial charge in [0.2, 0.25) is 0 Å². The Hall–Kier alpha value is -0.940. The van der Waals surface area contributed by atoms with E-state index in [0.29, 0.717) is 18.2 Å². The van der Waals surface area contributed by atoms with E-state index in [0.717, 1.165) is 50.5 Å². The van der Waals surface area contributed by atoms with Crippen LogP contribution in [0.25, 0.3) is 20.4 Å². The van der Waals surface area contributed by atoms with Crippen molar-refractivity contribution in [3.8, 4) is 0 Å². The lowest BCUT2D eigenvalue weighted by atomic mass is 10.3. The number of benzene rings is 1. The molecule has 10 heteroatoms. The van der Waals surface area contributed by atoms with Crippen molar-refractivity contribution in [2.45, 2.75) is 43.9 Å². The van der Waals surface area contributed by atoms with Crippen molar-refractivity contribution in [3.05, 3.63) is 12.1 Å². The van der Waals surface area contributed by atoms with Crippen LogP contribution in [0.3, 0.4) is 0 Å². The second kappa shape index (κ2) is 9.04. The van der Waals surface area contributed by atoms with Crippen LogP contribution in [0, 0.1) is 0 Å².